The molecule has 1 fully saturated rings. The van der Waals surface area contributed by atoms with Gasteiger partial charge in [-0.1, -0.05) is 37.5 Å². The minimum atomic E-state index is -1.35. The van der Waals surface area contributed by atoms with Crippen LogP contribution in [0.15, 0.2) is 54.7 Å². The number of nitro groups is 1. The molecule has 3 aromatic rings. The normalized spacial score (nSPS) is 16.6. The van der Waals surface area contributed by atoms with Crippen molar-refractivity contribution < 1.29 is 19.6 Å². The van der Waals surface area contributed by atoms with Crippen molar-refractivity contribution in [1.82, 2.24) is 15.6 Å². The third-order valence-electron chi connectivity index (χ3n) is 6.81. The number of aromatic amines is 1. The van der Waals surface area contributed by atoms with Crippen molar-refractivity contribution in [2.24, 2.45) is 0 Å². The number of non-ortho nitro benzene ring substituents is 1. The maximum atomic E-state index is 13.5. The number of urea groups is 1. The maximum absolute atomic E-state index is 13.5. The first kappa shape index (κ1) is 25.2. The Balaban J connectivity index is 1.52. The Morgan fingerprint density at radius 1 is 1.11 bits per heavy atom. The van der Waals surface area contributed by atoms with Gasteiger partial charge in [0.05, 0.1) is 10.5 Å². The highest BCUT2D eigenvalue weighted by Gasteiger charge is 2.38. The van der Waals surface area contributed by atoms with E-state index in [2.05, 4.69) is 20.9 Å². The molecule has 5 N–H and O–H groups in total. The largest absolute Gasteiger partial charge is 0.388 e. The van der Waals surface area contributed by atoms with Gasteiger partial charge in [-0.2, -0.15) is 0 Å². The summed E-state index contributed by atoms with van der Waals surface area (Å²) in [6.07, 6.45) is 6.17. The molecule has 4 rings (SSSR count). The molecule has 190 valence electrons. The van der Waals surface area contributed by atoms with Crippen molar-refractivity contribution >= 4 is 34.2 Å². The summed E-state index contributed by atoms with van der Waals surface area (Å²) < 4.78 is 0. The number of H-pyrrole nitrogens is 1. The summed E-state index contributed by atoms with van der Waals surface area (Å²) in [5.41, 5.74) is -0.260. The highest BCUT2D eigenvalue weighted by Crippen LogP contribution is 2.28. The Labute approximate surface area is 208 Å². The summed E-state index contributed by atoms with van der Waals surface area (Å²) in [5.74, 6) is -0.411. The molecule has 0 bridgehead atoms. The van der Waals surface area contributed by atoms with E-state index in [0.29, 0.717) is 18.5 Å². The number of para-hydroxylation sites is 1. The summed E-state index contributed by atoms with van der Waals surface area (Å²) in [7, 11) is 0. The Bertz CT molecular complexity index is 1250. The molecule has 2 aromatic carbocycles. The molecule has 1 atom stereocenters. The predicted molar refractivity (Wildman–Crippen MR) is 137 cm³/mol. The molecule has 1 aromatic heterocycles. The fourth-order valence-electron chi connectivity index (χ4n) is 4.75. The Kier molecular flexibility index (Phi) is 7.25. The predicted octanol–water partition coefficient (Wildman–Crippen LogP) is 4.01. The van der Waals surface area contributed by atoms with E-state index in [1.807, 2.05) is 30.5 Å². The quantitative estimate of drug-likeness (QED) is 0.237. The first-order chi connectivity index (χ1) is 17.2. The van der Waals surface area contributed by atoms with E-state index in [-0.39, 0.29) is 18.7 Å². The topological polar surface area (TPSA) is 149 Å². The summed E-state index contributed by atoms with van der Waals surface area (Å²) in [4.78, 5) is 39.9. The Hall–Kier alpha value is -3.92. The minimum absolute atomic E-state index is 0.0924. The van der Waals surface area contributed by atoms with Crippen LogP contribution < -0.4 is 16.0 Å². The van der Waals surface area contributed by atoms with Crippen molar-refractivity contribution in [2.45, 2.75) is 56.6 Å². The Morgan fingerprint density at radius 2 is 1.81 bits per heavy atom. The van der Waals surface area contributed by atoms with E-state index in [0.717, 1.165) is 35.7 Å². The number of aromatic nitrogens is 1. The summed E-state index contributed by atoms with van der Waals surface area (Å²) in [5, 5.41) is 31.0. The van der Waals surface area contributed by atoms with Crippen LogP contribution in [0.1, 0.15) is 44.6 Å². The molecule has 1 saturated carbocycles. The van der Waals surface area contributed by atoms with Gasteiger partial charge in [-0.05, 0) is 43.5 Å². The molecule has 0 radical (unpaired) electrons. The van der Waals surface area contributed by atoms with Crippen LogP contribution in [-0.2, 0) is 11.2 Å². The number of aliphatic hydroxyl groups is 1. The second kappa shape index (κ2) is 10.4. The number of hydrogen-bond acceptors (Lipinski definition) is 5. The van der Waals surface area contributed by atoms with Crippen molar-refractivity contribution in [3.8, 4) is 0 Å². The number of fused-ring (bicyclic) bond motifs is 1. The van der Waals surface area contributed by atoms with Crippen molar-refractivity contribution in [1.29, 1.82) is 0 Å². The van der Waals surface area contributed by atoms with Gasteiger partial charge in [-0.3, -0.25) is 14.9 Å². The molecule has 36 heavy (non-hydrogen) atoms. The van der Waals surface area contributed by atoms with Crippen LogP contribution in [0.5, 0.6) is 0 Å². The number of nitrogens with one attached hydrogen (secondary N) is 4. The van der Waals surface area contributed by atoms with Gasteiger partial charge < -0.3 is 26.0 Å². The van der Waals surface area contributed by atoms with Gasteiger partial charge in [0.25, 0.3) is 5.69 Å². The molecule has 1 heterocycles. The number of nitrogens with zero attached hydrogens (tertiary/aromatic N) is 1. The smallest absolute Gasteiger partial charge is 0.320 e. The average Bonchev–Trinajstić information content (AvgIpc) is 3.25. The SMILES string of the molecule is CC(Cc1c[nH]c2ccccc12)(NC(=O)Nc1ccc([N+](=O)[O-])cc1)C(=O)NCC1(O)CCCCC1. The molecular formula is C26H31N5O5. The van der Waals surface area contributed by atoms with Crippen LogP contribution in [0.4, 0.5) is 16.2 Å². The average molecular weight is 494 g/mol. The zero-order chi connectivity index (χ0) is 25.8. The first-order valence-corrected chi connectivity index (χ1v) is 12.1. The van der Waals surface area contributed by atoms with Crippen molar-refractivity contribution in [2.75, 3.05) is 11.9 Å². The lowest BCUT2D eigenvalue weighted by molar-refractivity contribution is -0.384. The molecule has 0 aliphatic heterocycles. The second-order valence-corrected chi connectivity index (χ2v) is 9.72. The molecule has 1 unspecified atom stereocenters. The third kappa shape index (κ3) is 5.83. The number of benzene rings is 2. The van der Waals surface area contributed by atoms with E-state index in [4.69, 9.17) is 0 Å². The van der Waals surface area contributed by atoms with E-state index >= 15 is 0 Å². The van der Waals surface area contributed by atoms with E-state index < -0.39 is 28.0 Å². The minimum Gasteiger partial charge on any atom is -0.388 e. The molecule has 10 nitrogen and oxygen atoms in total. The lowest BCUT2D eigenvalue weighted by Crippen LogP contribution is -2.60. The summed E-state index contributed by atoms with van der Waals surface area (Å²) in [6.45, 7) is 1.76. The van der Waals surface area contributed by atoms with E-state index in [9.17, 15) is 24.8 Å². The molecule has 3 amide bonds. The van der Waals surface area contributed by atoms with Gasteiger partial charge in [0, 0.05) is 47.9 Å². The number of amides is 3. The van der Waals surface area contributed by atoms with Crippen LogP contribution in [0.3, 0.4) is 0 Å². The van der Waals surface area contributed by atoms with Gasteiger partial charge >= 0.3 is 6.03 Å². The number of anilines is 1. The zero-order valence-electron chi connectivity index (χ0n) is 20.2. The number of carbonyl (C=O) groups is 2. The summed E-state index contributed by atoms with van der Waals surface area (Å²) >= 11 is 0. The van der Waals surface area contributed by atoms with E-state index in [1.165, 1.54) is 24.3 Å². The van der Waals surface area contributed by atoms with Crippen molar-refractivity contribution in [3.05, 3.63) is 70.4 Å². The van der Waals surface area contributed by atoms with Gasteiger partial charge in [-0.15, -0.1) is 0 Å². The first-order valence-electron chi connectivity index (χ1n) is 12.1. The van der Waals surface area contributed by atoms with Crippen molar-refractivity contribution in [3.63, 3.8) is 0 Å². The van der Waals surface area contributed by atoms with Crippen LogP contribution in [-0.4, -0.2) is 44.6 Å². The third-order valence-corrected chi connectivity index (χ3v) is 6.81. The molecule has 10 heteroatoms. The second-order valence-electron chi connectivity index (χ2n) is 9.72. The monoisotopic (exact) mass is 493 g/mol. The lowest BCUT2D eigenvalue weighted by atomic mass is 9.84. The number of rotatable bonds is 8. The zero-order valence-corrected chi connectivity index (χ0v) is 20.2. The van der Waals surface area contributed by atoms with Crippen LogP contribution >= 0.6 is 0 Å². The number of nitro benzene ring substituents is 1. The number of carbonyl (C=O) groups excluding carboxylic acids is 2. The highest BCUT2D eigenvalue weighted by atomic mass is 16.6. The fourth-order valence-corrected chi connectivity index (χ4v) is 4.75. The maximum Gasteiger partial charge on any atom is 0.320 e. The molecule has 1 aliphatic carbocycles. The molecule has 1 aliphatic rings. The summed E-state index contributed by atoms with van der Waals surface area (Å²) in [6, 6.07) is 12.5. The van der Waals surface area contributed by atoms with Crippen LogP contribution in [0.25, 0.3) is 10.9 Å². The van der Waals surface area contributed by atoms with Gasteiger partial charge in [0.2, 0.25) is 5.91 Å². The molecule has 0 saturated heterocycles. The Morgan fingerprint density at radius 3 is 2.50 bits per heavy atom. The fraction of sp³-hybridized carbons (Fsp3) is 0.385. The standard InChI is InChI=1S/C26H31N5O5/c1-25(15-18-16-27-22-8-4-3-7-21(18)22,23(32)28-17-26(34)13-5-2-6-14-26)30-24(33)29-19-9-11-20(12-10-19)31(35)36/h3-4,7-12,16,27,34H,2,5-6,13-15,17H2,1H3,(H,28,32)(H2,29,30,33). The molecule has 0 spiro atoms. The van der Waals surface area contributed by atoms with Gasteiger partial charge in [-0.25, -0.2) is 4.79 Å². The van der Waals surface area contributed by atoms with Crippen LogP contribution in [0, 0.1) is 10.1 Å². The lowest BCUT2D eigenvalue weighted by Gasteiger charge is -2.35. The van der Waals surface area contributed by atoms with Gasteiger partial charge in [0.1, 0.15) is 5.54 Å². The number of hydrogen-bond donors (Lipinski definition) is 5. The van der Waals surface area contributed by atoms with E-state index in [1.54, 1.807) is 6.92 Å². The van der Waals surface area contributed by atoms with Gasteiger partial charge in [0.15, 0.2) is 0 Å². The van der Waals surface area contributed by atoms with Crippen LogP contribution in [0.2, 0.25) is 0 Å². The molecular weight excluding hydrogens is 462 g/mol. The highest BCUT2D eigenvalue weighted by molar-refractivity contribution is 5.96.